The van der Waals surface area contributed by atoms with Gasteiger partial charge >= 0.3 is 6.03 Å². The van der Waals surface area contributed by atoms with E-state index >= 15 is 8.78 Å². The van der Waals surface area contributed by atoms with E-state index in [2.05, 4.69) is 15.2 Å². The number of benzene rings is 2. The third-order valence-corrected chi connectivity index (χ3v) is 11.3. The van der Waals surface area contributed by atoms with Crippen LogP contribution in [0.5, 0.6) is 11.5 Å². The lowest BCUT2D eigenvalue weighted by molar-refractivity contribution is -0.120. The van der Waals surface area contributed by atoms with Crippen molar-refractivity contribution in [2.24, 2.45) is 5.92 Å². The van der Waals surface area contributed by atoms with Crippen LogP contribution in [-0.4, -0.2) is 89.7 Å². The van der Waals surface area contributed by atoms with E-state index in [0.29, 0.717) is 77.3 Å². The summed E-state index contributed by atoms with van der Waals surface area (Å²) in [5, 5.41) is 3.31. The van der Waals surface area contributed by atoms with Crippen LogP contribution in [0.1, 0.15) is 68.6 Å². The Labute approximate surface area is 324 Å². The highest BCUT2D eigenvalue weighted by Crippen LogP contribution is 2.35. The maximum Gasteiger partial charge on any atom is 0.328 e. The zero-order valence-electron chi connectivity index (χ0n) is 31.9. The highest BCUT2D eigenvalue weighted by Gasteiger charge is 2.30. The number of fused-ring (bicyclic) bond motifs is 1. The molecule has 0 bridgehead atoms. The van der Waals surface area contributed by atoms with Gasteiger partial charge in [0.2, 0.25) is 5.91 Å². The lowest BCUT2D eigenvalue weighted by Crippen LogP contribution is -2.49. The average molecular weight is 771 g/mol. The van der Waals surface area contributed by atoms with Crippen molar-refractivity contribution in [1.82, 2.24) is 24.7 Å². The lowest BCUT2D eigenvalue weighted by atomic mass is 9.92. The third-order valence-electron chi connectivity index (χ3n) is 11.3. The number of piperidine rings is 2. The molecule has 1 N–H and O–H groups in total. The number of rotatable bonds is 12. The molecule has 7 rings (SSSR count). The number of hydrogen-bond donors (Lipinski definition) is 1. The number of aryl methyl sites for hydroxylation is 1. The first kappa shape index (κ1) is 38.9. The van der Waals surface area contributed by atoms with E-state index < -0.39 is 17.7 Å². The molecule has 4 aromatic rings. The van der Waals surface area contributed by atoms with Crippen LogP contribution in [0.2, 0.25) is 0 Å². The molecule has 0 radical (unpaired) electrons. The minimum Gasteiger partial charge on any atom is -0.495 e. The van der Waals surface area contributed by atoms with E-state index in [1.807, 2.05) is 11.8 Å². The number of pyridine rings is 2. The van der Waals surface area contributed by atoms with Crippen LogP contribution in [-0.2, 0) is 11.3 Å². The lowest BCUT2D eigenvalue weighted by Gasteiger charge is -2.35. The number of ether oxygens (including phenoxy) is 2. The van der Waals surface area contributed by atoms with Gasteiger partial charge in [0.15, 0.2) is 17.4 Å². The molecular formula is C42H48F2N6O6. The number of amides is 4. The fourth-order valence-corrected chi connectivity index (χ4v) is 8.01. The number of imide groups is 1. The number of aromatic nitrogens is 2. The number of carbonyl (C=O) groups is 3. The summed E-state index contributed by atoms with van der Waals surface area (Å²) in [5.41, 5.74) is 1.62. The molecule has 3 fully saturated rings. The second kappa shape index (κ2) is 17.2. The number of methoxy groups -OCH3 is 1. The standard InChI is InChI=1S/C42H48F2N6O6/c1-3-4-15-49-26-33(31-7-14-45-25-32(31)41(49)53)29-22-34(43)39(35(44)23-29)56-30-11-17-47(18-12-30)16-8-27-9-19-48(20-10-27)40(52)28-5-6-37(55-2)36(24-28)50-21-13-38(51)46-42(50)54/h5-7,14,22-27,30H,3-4,8-13,15-21H2,1-2H3,(H,46,51,54). The van der Waals surface area contributed by atoms with Crippen LogP contribution < -0.4 is 25.2 Å². The Bertz CT molecular complexity index is 2140. The summed E-state index contributed by atoms with van der Waals surface area (Å²) < 4.78 is 44.1. The van der Waals surface area contributed by atoms with Crippen molar-refractivity contribution < 1.29 is 32.6 Å². The van der Waals surface area contributed by atoms with Crippen molar-refractivity contribution in [3.05, 3.63) is 82.5 Å². The molecule has 0 spiro atoms. The largest absolute Gasteiger partial charge is 0.495 e. The molecule has 2 aromatic heterocycles. The predicted molar refractivity (Wildman–Crippen MR) is 208 cm³/mol. The van der Waals surface area contributed by atoms with Crippen molar-refractivity contribution >= 4 is 34.3 Å². The maximum atomic E-state index is 15.6. The quantitative estimate of drug-likeness (QED) is 0.176. The molecule has 2 aromatic carbocycles. The minimum absolute atomic E-state index is 0.107. The maximum absolute atomic E-state index is 15.6. The van der Waals surface area contributed by atoms with Gasteiger partial charge in [0.25, 0.3) is 11.5 Å². The summed E-state index contributed by atoms with van der Waals surface area (Å²) in [6, 6.07) is 8.76. The Morgan fingerprint density at radius 2 is 1.68 bits per heavy atom. The molecule has 296 valence electrons. The monoisotopic (exact) mass is 770 g/mol. The SMILES string of the molecule is CCCCn1cc(-c2cc(F)c(OC3CCN(CCC4CCN(C(=O)c5ccc(OC)c(N6CCC(=O)NC6=O)c5)CC4)CC3)c(F)c2)c2ccncc2c1=O. The molecular weight excluding hydrogens is 722 g/mol. The van der Waals surface area contributed by atoms with Crippen molar-refractivity contribution in [3.63, 3.8) is 0 Å². The van der Waals surface area contributed by atoms with E-state index in [-0.39, 0.29) is 42.2 Å². The molecule has 14 heteroatoms. The van der Waals surface area contributed by atoms with Crippen LogP contribution in [0.15, 0.2) is 59.8 Å². The van der Waals surface area contributed by atoms with E-state index in [1.54, 1.807) is 41.2 Å². The summed E-state index contributed by atoms with van der Waals surface area (Å²) in [5.74, 6) is -1.46. The predicted octanol–water partition coefficient (Wildman–Crippen LogP) is 6.38. The number of halogens is 2. The topological polar surface area (TPSA) is 126 Å². The van der Waals surface area contributed by atoms with Crippen LogP contribution in [0, 0.1) is 17.6 Å². The molecule has 3 saturated heterocycles. The minimum atomic E-state index is -0.778. The van der Waals surface area contributed by atoms with Crippen LogP contribution in [0.3, 0.4) is 0 Å². The average Bonchev–Trinajstić information content (AvgIpc) is 3.21. The molecule has 3 aliphatic heterocycles. The van der Waals surface area contributed by atoms with Gasteiger partial charge in [0.1, 0.15) is 11.9 Å². The van der Waals surface area contributed by atoms with Crippen molar-refractivity contribution in [2.45, 2.75) is 70.9 Å². The number of nitrogens with one attached hydrogen (secondary N) is 1. The number of carbonyl (C=O) groups excluding carboxylic acids is 3. The zero-order chi connectivity index (χ0) is 39.3. The number of nitrogens with zero attached hydrogens (tertiary/aromatic N) is 5. The summed E-state index contributed by atoms with van der Waals surface area (Å²) in [6.07, 6.45) is 10.3. The first-order valence-corrected chi connectivity index (χ1v) is 19.6. The van der Waals surface area contributed by atoms with Gasteiger partial charge in [-0.15, -0.1) is 0 Å². The Morgan fingerprint density at radius 3 is 2.38 bits per heavy atom. The van der Waals surface area contributed by atoms with Gasteiger partial charge in [-0.1, -0.05) is 13.3 Å². The Hall–Kier alpha value is -5.37. The normalized spacial score (nSPS) is 17.4. The van der Waals surface area contributed by atoms with E-state index in [1.165, 1.54) is 30.3 Å². The second-order valence-electron chi connectivity index (χ2n) is 14.9. The first-order valence-electron chi connectivity index (χ1n) is 19.6. The molecule has 0 unspecified atom stereocenters. The third kappa shape index (κ3) is 8.40. The van der Waals surface area contributed by atoms with Crippen molar-refractivity contribution in [3.8, 4) is 22.6 Å². The van der Waals surface area contributed by atoms with Gasteiger partial charge in [0.05, 0.1) is 18.2 Å². The molecule has 3 aliphatic rings. The molecule has 0 aliphatic carbocycles. The van der Waals surface area contributed by atoms with Crippen molar-refractivity contribution in [2.75, 3.05) is 51.3 Å². The Balaban J connectivity index is 0.898. The molecule has 0 saturated carbocycles. The summed E-state index contributed by atoms with van der Waals surface area (Å²) in [4.78, 5) is 60.4. The van der Waals surface area contributed by atoms with Gasteiger partial charge in [-0.2, -0.15) is 0 Å². The number of likely N-dealkylation sites (tertiary alicyclic amines) is 2. The van der Waals surface area contributed by atoms with Gasteiger partial charge in [0, 0.05) is 75.4 Å². The van der Waals surface area contributed by atoms with E-state index in [0.717, 1.165) is 51.7 Å². The van der Waals surface area contributed by atoms with E-state index in [9.17, 15) is 19.2 Å². The van der Waals surface area contributed by atoms with Gasteiger partial charge in [-0.25, -0.2) is 13.6 Å². The number of unbranched alkanes of at least 4 members (excludes halogenated alkanes) is 1. The summed E-state index contributed by atoms with van der Waals surface area (Å²) in [7, 11) is 1.50. The highest BCUT2D eigenvalue weighted by atomic mass is 19.1. The summed E-state index contributed by atoms with van der Waals surface area (Å²) in [6.45, 7) is 6.41. The Morgan fingerprint density at radius 1 is 0.929 bits per heavy atom. The molecule has 56 heavy (non-hydrogen) atoms. The highest BCUT2D eigenvalue weighted by molar-refractivity contribution is 6.07. The number of hydrogen-bond acceptors (Lipinski definition) is 8. The second-order valence-corrected chi connectivity index (χ2v) is 14.9. The van der Waals surface area contributed by atoms with Crippen LogP contribution in [0.4, 0.5) is 19.3 Å². The van der Waals surface area contributed by atoms with Gasteiger partial charge < -0.3 is 23.8 Å². The van der Waals surface area contributed by atoms with Crippen LogP contribution in [0.25, 0.3) is 21.9 Å². The smallest absolute Gasteiger partial charge is 0.328 e. The van der Waals surface area contributed by atoms with Crippen LogP contribution >= 0.6 is 0 Å². The molecule has 4 amide bonds. The van der Waals surface area contributed by atoms with Gasteiger partial charge in [-0.3, -0.25) is 29.6 Å². The zero-order valence-corrected chi connectivity index (χ0v) is 31.9. The molecule has 12 nitrogen and oxygen atoms in total. The van der Waals surface area contributed by atoms with Gasteiger partial charge in [-0.05, 0) is 98.3 Å². The summed E-state index contributed by atoms with van der Waals surface area (Å²) >= 11 is 0. The molecule has 0 atom stereocenters. The number of urea groups is 1. The number of anilines is 1. The van der Waals surface area contributed by atoms with E-state index in [4.69, 9.17) is 9.47 Å². The Kier molecular flexibility index (Phi) is 11.9. The van der Waals surface area contributed by atoms with Crippen molar-refractivity contribution in [1.29, 1.82) is 0 Å². The fourth-order valence-electron chi connectivity index (χ4n) is 8.01. The molecule has 5 heterocycles. The fraction of sp³-hybridized carbons (Fsp3) is 0.452. The first-order chi connectivity index (χ1) is 27.1.